The highest BCUT2D eigenvalue weighted by atomic mass is 16.5. The van der Waals surface area contributed by atoms with Gasteiger partial charge >= 0.3 is 6.03 Å². The molecule has 0 saturated carbocycles. The molecule has 0 bridgehead atoms. The van der Waals surface area contributed by atoms with Crippen LogP contribution in [-0.2, 0) is 9.47 Å². The number of rotatable bonds is 7. The number of ether oxygens (including phenoxy) is 2. The van der Waals surface area contributed by atoms with E-state index < -0.39 is 0 Å². The monoisotopic (exact) mass is 245 g/mol. The first-order valence-electron chi connectivity index (χ1n) is 5.97. The Morgan fingerprint density at radius 3 is 2.06 bits per heavy atom. The summed E-state index contributed by atoms with van der Waals surface area (Å²) >= 11 is 0. The van der Waals surface area contributed by atoms with Gasteiger partial charge in [-0.05, 0) is 6.42 Å². The average molecular weight is 245 g/mol. The second kappa shape index (κ2) is 7.47. The van der Waals surface area contributed by atoms with Gasteiger partial charge in [0.1, 0.15) is 13.5 Å². The van der Waals surface area contributed by atoms with Crippen LogP contribution in [0, 0.1) is 0 Å². The summed E-state index contributed by atoms with van der Waals surface area (Å²) in [7, 11) is 3.19. The molecular weight excluding hydrogens is 222 g/mol. The maximum Gasteiger partial charge on any atom is 0.325 e. The molecule has 17 heavy (non-hydrogen) atoms. The van der Waals surface area contributed by atoms with Crippen molar-refractivity contribution < 1.29 is 14.3 Å². The molecule has 0 atom stereocenters. The maximum atomic E-state index is 12.0. The number of unbranched alkanes of at least 4 members (excludes halogenated alkanes) is 1. The Balaban J connectivity index is 2.56. The Labute approximate surface area is 103 Å². The van der Waals surface area contributed by atoms with Crippen molar-refractivity contribution >= 4 is 6.03 Å². The van der Waals surface area contributed by atoms with E-state index in [0.717, 1.165) is 19.4 Å². The average Bonchev–Trinajstić information content (AvgIpc) is 2.32. The number of amides is 2. The van der Waals surface area contributed by atoms with Crippen LogP contribution >= 0.6 is 0 Å². The number of urea groups is 1. The number of hydrogen-bond acceptors (Lipinski definition) is 4. The van der Waals surface area contributed by atoms with E-state index in [1.54, 1.807) is 24.0 Å². The molecule has 2 amide bonds. The number of carbonyl (C=O) groups is 1. The Kier molecular flexibility index (Phi) is 6.25. The standard InChI is InChI=1S/C11H23N3O3/c1-4-5-6-12-7-13(9-16-2)11(15)14(8-12)10-17-3/h4-10H2,1-3H3. The first-order chi connectivity index (χ1) is 8.22. The molecule has 0 aromatic rings. The Morgan fingerprint density at radius 1 is 1.12 bits per heavy atom. The van der Waals surface area contributed by atoms with Crippen molar-refractivity contribution in [1.82, 2.24) is 14.7 Å². The van der Waals surface area contributed by atoms with Gasteiger partial charge in [-0.1, -0.05) is 13.3 Å². The topological polar surface area (TPSA) is 45.2 Å². The SMILES string of the molecule is CCCCN1CN(COC)C(=O)N(COC)C1. The van der Waals surface area contributed by atoms with Crippen molar-refractivity contribution in [3.8, 4) is 0 Å². The summed E-state index contributed by atoms with van der Waals surface area (Å²) in [4.78, 5) is 17.6. The van der Waals surface area contributed by atoms with E-state index in [1.807, 2.05) is 0 Å². The van der Waals surface area contributed by atoms with Gasteiger partial charge in [0, 0.05) is 20.8 Å². The van der Waals surface area contributed by atoms with Crippen LogP contribution in [0.3, 0.4) is 0 Å². The van der Waals surface area contributed by atoms with E-state index in [2.05, 4.69) is 11.8 Å². The largest absolute Gasteiger partial charge is 0.364 e. The van der Waals surface area contributed by atoms with E-state index in [1.165, 1.54) is 0 Å². The molecule has 0 aromatic carbocycles. The van der Waals surface area contributed by atoms with Crippen LogP contribution in [0.2, 0.25) is 0 Å². The summed E-state index contributed by atoms with van der Waals surface area (Å²) in [5.74, 6) is 0. The van der Waals surface area contributed by atoms with Crippen LogP contribution in [0.4, 0.5) is 4.79 Å². The summed E-state index contributed by atoms with van der Waals surface area (Å²) in [6, 6.07) is -0.0264. The van der Waals surface area contributed by atoms with Crippen molar-refractivity contribution in [1.29, 1.82) is 0 Å². The minimum Gasteiger partial charge on any atom is -0.364 e. The molecular formula is C11H23N3O3. The minimum atomic E-state index is -0.0264. The smallest absolute Gasteiger partial charge is 0.325 e. The fourth-order valence-electron chi connectivity index (χ4n) is 1.88. The summed E-state index contributed by atoms with van der Waals surface area (Å²) < 4.78 is 10.1. The molecule has 6 heteroatoms. The van der Waals surface area contributed by atoms with Gasteiger partial charge in [-0.15, -0.1) is 0 Å². The first kappa shape index (κ1) is 14.2. The zero-order valence-corrected chi connectivity index (χ0v) is 11.0. The molecule has 0 N–H and O–H groups in total. The van der Waals surface area contributed by atoms with Crippen molar-refractivity contribution in [2.75, 3.05) is 47.6 Å². The van der Waals surface area contributed by atoms with Crippen LogP contribution in [0.5, 0.6) is 0 Å². The van der Waals surface area contributed by atoms with Gasteiger partial charge in [0.15, 0.2) is 0 Å². The summed E-state index contributed by atoms with van der Waals surface area (Å²) in [6.45, 7) is 5.06. The molecule has 0 aromatic heterocycles. The summed E-state index contributed by atoms with van der Waals surface area (Å²) in [6.07, 6.45) is 2.29. The van der Waals surface area contributed by atoms with Crippen molar-refractivity contribution in [2.45, 2.75) is 19.8 Å². The van der Waals surface area contributed by atoms with E-state index in [0.29, 0.717) is 26.8 Å². The van der Waals surface area contributed by atoms with Gasteiger partial charge in [-0.2, -0.15) is 0 Å². The lowest BCUT2D eigenvalue weighted by Gasteiger charge is -2.41. The number of carbonyl (C=O) groups excluding carboxylic acids is 1. The van der Waals surface area contributed by atoms with Gasteiger partial charge in [0.05, 0.1) is 13.3 Å². The molecule has 1 fully saturated rings. The second-order valence-electron chi connectivity index (χ2n) is 4.23. The van der Waals surface area contributed by atoms with E-state index >= 15 is 0 Å². The lowest BCUT2D eigenvalue weighted by Crippen LogP contribution is -2.58. The third kappa shape index (κ3) is 4.14. The summed E-state index contributed by atoms with van der Waals surface area (Å²) in [5, 5.41) is 0. The first-order valence-corrected chi connectivity index (χ1v) is 5.97. The second-order valence-corrected chi connectivity index (χ2v) is 4.23. The molecule has 6 nitrogen and oxygen atoms in total. The molecule has 0 spiro atoms. The molecule has 0 radical (unpaired) electrons. The van der Waals surface area contributed by atoms with Crippen LogP contribution < -0.4 is 0 Å². The molecule has 1 heterocycles. The maximum absolute atomic E-state index is 12.0. The van der Waals surface area contributed by atoms with Gasteiger partial charge in [-0.3, -0.25) is 14.7 Å². The van der Waals surface area contributed by atoms with Crippen LogP contribution in [0.15, 0.2) is 0 Å². The Morgan fingerprint density at radius 2 is 1.65 bits per heavy atom. The molecule has 100 valence electrons. The van der Waals surface area contributed by atoms with Crippen LogP contribution in [-0.4, -0.2) is 68.3 Å². The molecule has 0 aliphatic carbocycles. The predicted octanol–water partition coefficient (Wildman–Crippen LogP) is 0.949. The van der Waals surface area contributed by atoms with E-state index in [4.69, 9.17) is 9.47 Å². The fourth-order valence-corrected chi connectivity index (χ4v) is 1.88. The third-order valence-corrected chi connectivity index (χ3v) is 2.68. The zero-order chi connectivity index (χ0) is 12.7. The number of methoxy groups -OCH3 is 2. The van der Waals surface area contributed by atoms with Gasteiger partial charge in [0.2, 0.25) is 0 Å². The quantitative estimate of drug-likeness (QED) is 0.670. The molecule has 1 saturated heterocycles. The van der Waals surface area contributed by atoms with Gasteiger partial charge in [-0.25, -0.2) is 4.79 Å². The molecule has 1 aliphatic rings. The molecule has 0 unspecified atom stereocenters. The van der Waals surface area contributed by atoms with E-state index in [9.17, 15) is 4.79 Å². The lowest BCUT2D eigenvalue weighted by molar-refractivity contribution is -0.0431. The van der Waals surface area contributed by atoms with Crippen LogP contribution in [0.25, 0.3) is 0 Å². The fraction of sp³-hybridized carbons (Fsp3) is 0.909. The van der Waals surface area contributed by atoms with Crippen molar-refractivity contribution in [2.24, 2.45) is 0 Å². The third-order valence-electron chi connectivity index (χ3n) is 2.68. The van der Waals surface area contributed by atoms with Crippen LogP contribution in [0.1, 0.15) is 19.8 Å². The summed E-state index contributed by atoms with van der Waals surface area (Å²) in [5.41, 5.74) is 0. The Bertz CT molecular complexity index is 220. The van der Waals surface area contributed by atoms with Gasteiger partial charge in [0.25, 0.3) is 0 Å². The van der Waals surface area contributed by atoms with Crippen molar-refractivity contribution in [3.05, 3.63) is 0 Å². The van der Waals surface area contributed by atoms with Crippen molar-refractivity contribution in [3.63, 3.8) is 0 Å². The predicted molar refractivity (Wildman–Crippen MR) is 64.2 cm³/mol. The molecule has 1 aliphatic heterocycles. The highest BCUT2D eigenvalue weighted by Gasteiger charge is 2.29. The Hall–Kier alpha value is -0.850. The highest BCUT2D eigenvalue weighted by molar-refractivity contribution is 5.74. The lowest BCUT2D eigenvalue weighted by atomic mass is 10.3. The van der Waals surface area contributed by atoms with E-state index in [-0.39, 0.29) is 6.03 Å². The zero-order valence-electron chi connectivity index (χ0n) is 11.0. The molecule has 1 rings (SSSR count). The van der Waals surface area contributed by atoms with Gasteiger partial charge < -0.3 is 9.47 Å². The minimum absolute atomic E-state index is 0.0264. The number of nitrogens with zero attached hydrogens (tertiary/aromatic N) is 3. The normalized spacial score (nSPS) is 17.9. The number of hydrogen-bond donors (Lipinski definition) is 0. The highest BCUT2D eigenvalue weighted by Crippen LogP contribution is 2.11.